The lowest BCUT2D eigenvalue weighted by atomic mass is 9.96. The summed E-state index contributed by atoms with van der Waals surface area (Å²) in [5.74, 6) is 1.04. The molecule has 1 amide bonds. The molecule has 0 aromatic heterocycles. The summed E-state index contributed by atoms with van der Waals surface area (Å²) < 4.78 is 0. The molecule has 1 atom stereocenters. The number of rotatable bonds is 5. The fourth-order valence-electron chi connectivity index (χ4n) is 3.51. The van der Waals surface area contributed by atoms with Gasteiger partial charge < -0.3 is 15.5 Å². The molecule has 0 spiro atoms. The minimum atomic E-state index is 0.169. The van der Waals surface area contributed by atoms with Crippen molar-refractivity contribution in [1.29, 1.82) is 0 Å². The van der Waals surface area contributed by atoms with Crippen LogP contribution in [0.4, 0.5) is 0 Å². The van der Waals surface area contributed by atoms with Gasteiger partial charge in [0.2, 0.25) is 5.91 Å². The summed E-state index contributed by atoms with van der Waals surface area (Å²) in [6.07, 6.45) is 3.87. The Hall–Kier alpha value is -1.75. The molecule has 1 aliphatic carbocycles. The zero-order valence-electron chi connectivity index (χ0n) is 15.0. The molecule has 0 radical (unpaired) electrons. The second kappa shape index (κ2) is 7.65. The van der Waals surface area contributed by atoms with Crippen molar-refractivity contribution in [1.82, 2.24) is 15.5 Å². The number of aliphatic imine (C=N–C) groups is 1. The van der Waals surface area contributed by atoms with Crippen LogP contribution in [-0.2, 0) is 10.2 Å². The molecule has 2 aliphatic rings. The number of carbonyl (C=O) groups is 1. The summed E-state index contributed by atoms with van der Waals surface area (Å²) in [7, 11) is 1.79. The Morgan fingerprint density at radius 3 is 2.88 bits per heavy atom. The number of nitrogens with one attached hydrogen (secondary N) is 2. The van der Waals surface area contributed by atoms with Gasteiger partial charge in [0.15, 0.2) is 5.96 Å². The van der Waals surface area contributed by atoms with Crippen LogP contribution >= 0.6 is 11.6 Å². The van der Waals surface area contributed by atoms with Crippen LogP contribution in [0, 0.1) is 0 Å². The molecule has 2 N–H and O–H groups in total. The van der Waals surface area contributed by atoms with Gasteiger partial charge in [-0.05, 0) is 37.0 Å². The number of nitrogens with zero attached hydrogens (tertiary/aromatic N) is 2. The first-order valence-electron chi connectivity index (χ1n) is 9.07. The molecular weight excluding hydrogens is 336 g/mol. The van der Waals surface area contributed by atoms with Crippen LogP contribution < -0.4 is 10.6 Å². The summed E-state index contributed by atoms with van der Waals surface area (Å²) in [5, 5.41) is 7.71. The van der Waals surface area contributed by atoms with Crippen molar-refractivity contribution in [2.75, 3.05) is 26.7 Å². The summed E-state index contributed by atoms with van der Waals surface area (Å²) in [4.78, 5) is 18.1. The lowest BCUT2D eigenvalue weighted by Crippen LogP contribution is -2.47. The third-order valence-corrected chi connectivity index (χ3v) is 5.53. The normalized spacial score (nSPS) is 22.0. The van der Waals surface area contributed by atoms with Crippen LogP contribution in [0.25, 0.3) is 0 Å². The van der Waals surface area contributed by atoms with Crippen molar-refractivity contribution < 1.29 is 4.79 Å². The van der Waals surface area contributed by atoms with E-state index in [0.717, 1.165) is 37.0 Å². The molecule has 1 saturated carbocycles. The van der Waals surface area contributed by atoms with E-state index in [0.29, 0.717) is 6.42 Å². The zero-order chi connectivity index (χ0) is 17.9. The molecule has 1 saturated heterocycles. The number of carbonyl (C=O) groups excluding carboxylic acids is 1. The molecule has 6 heteroatoms. The number of amides is 1. The van der Waals surface area contributed by atoms with Crippen molar-refractivity contribution in [2.24, 2.45) is 4.99 Å². The zero-order valence-corrected chi connectivity index (χ0v) is 15.8. The van der Waals surface area contributed by atoms with E-state index in [9.17, 15) is 4.79 Å². The Bertz CT molecular complexity index is 657. The second-order valence-electron chi connectivity index (χ2n) is 7.04. The smallest absolute Gasteiger partial charge is 0.222 e. The quantitative estimate of drug-likeness (QED) is 0.625. The largest absolute Gasteiger partial charge is 0.356 e. The van der Waals surface area contributed by atoms with Crippen molar-refractivity contribution in [3.05, 3.63) is 34.9 Å². The van der Waals surface area contributed by atoms with Crippen LogP contribution in [-0.4, -0.2) is 49.5 Å². The van der Waals surface area contributed by atoms with E-state index >= 15 is 0 Å². The van der Waals surface area contributed by atoms with Gasteiger partial charge in [-0.3, -0.25) is 9.79 Å². The molecule has 25 heavy (non-hydrogen) atoms. The van der Waals surface area contributed by atoms with Crippen molar-refractivity contribution >= 4 is 23.5 Å². The summed E-state index contributed by atoms with van der Waals surface area (Å²) in [6.45, 7) is 4.34. The molecule has 1 heterocycles. The summed E-state index contributed by atoms with van der Waals surface area (Å²) in [5.41, 5.74) is 1.46. The maximum atomic E-state index is 11.8. The maximum Gasteiger partial charge on any atom is 0.222 e. The minimum Gasteiger partial charge on any atom is -0.356 e. The van der Waals surface area contributed by atoms with E-state index in [1.807, 2.05) is 24.0 Å². The van der Waals surface area contributed by atoms with Crippen LogP contribution in [0.1, 0.15) is 38.2 Å². The third kappa shape index (κ3) is 4.27. The molecule has 136 valence electrons. The Morgan fingerprint density at radius 2 is 2.24 bits per heavy atom. The van der Waals surface area contributed by atoms with Gasteiger partial charge in [-0.25, -0.2) is 0 Å². The molecule has 5 nitrogen and oxygen atoms in total. The highest BCUT2D eigenvalue weighted by Crippen LogP contribution is 2.48. The number of hydrogen-bond donors (Lipinski definition) is 2. The molecular formula is C19H27ClN4O. The Balaban J connectivity index is 1.53. The van der Waals surface area contributed by atoms with Gasteiger partial charge in [-0.1, -0.05) is 30.7 Å². The second-order valence-corrected chi connectivity index (χ2v) is 7.48. The van der Waals surface area contributed by atoms with E-state index in [1.54, 1.807) is 7.05 Å². The number of likely N-dealkylation sites (tertiary alicyclic amines) is 1. The van der Waals surface area contributed by atoms with Crippen molar-refractivity contribution in [2.45, 2.75) is 44.1 Å². The number of guanidine groups is 1. The molecule has 1 aromatic carbocycles. The fourth-order valence-corrected chi connectivity index (χ4v) is 3.70. The predicted molar refractivity (Wildman–Crippen MR) is 102 cm³/mol. The van der Waals surface area contributed by atoms with E-state index in [2.05, 4.69) is 27.8 Å². The Morgan fingerprint density at radius 1 is 1.44 bits per heavy atom. The topological polar surface area (TPSA) is 56.7 Å². The third-order valence-electron chi connectivity index (χ3n) is 5.29. The van der Waals surface area contributed by atoms with Gasteiger partial charge in [0, 0.05) is 49.6 Å². The van der Waals surface area contributed by atoms with E-state index in [-0.39, 0.29) is 17.4 Å². The summed E-state index contributed by atoms with van der Waals surface area (Å²) in [6, 6.07) is 8.42. The van der Waals surface area contributed by atoms with Gasteiger partial charge in [-0.15, -0.1) is 0 Å². The molecule has 1 aromatic rings. The van der Waals surface area contributed by atoms with Crippen molar-refractivity contribution in [3.63, 3.8) is 0 Å². The number of halogens is 1. The SMILES string of the molecule is CCC(=O)N1CCC(NC(=NC)NCC2(c3cccc(Cl)c3)CC2)C1. The lowest BCUT2D eigenvalue weighted by Gasteiger charge is -2.22. The van der Waals surface area contributed by atoms with Crippen molar-refractivity contribution in [3.8, 4) is 0 Å². The van der Waals surface area contributed by atoms with Crippen LogP contribution in [0.2, 0.25) is 5.02 Å². The van der Waals surface area contributed by atoms with Gasteiger partial charge in [0.25, 0.3) is 0 Å². The first-order chi connectivity index (χ1) is 12.1. The number of benzene rings is 1. The highest BCUT2D eigenvalue weighted by molar-refractivity contribution is 6.30. The highest BCUT2D eigenvalue weighted by Gasteiger charge is 2.44. The predicted octanol–water partition coefficient (Wildman–Crippen LogP) is 2.55. The van der Waals surface area contributed by atoms with Gasteiger partial charge in [-0.2, -0.15) is 0 Å². The molecule has 1 aliphatic heterocycles. The molecule has 3 rings (SSSR count). The highest BCUT2D eigenvalue weighted by atomic mass is 35.5. The lowest BCUT2D eigenvalue weighted by molar-refractivity contribution is -0.129. The molecule has 1 unspecified atom stereocenters. The maximum absolute atomic E-state index is 11.8. The van der Waals surface area contributed by atoms with E-state index < -0.39 is 0 Å². The number of hydrogen-bond acceptors (Lipinski definition) is 2. The first kappa shape index (κ1) is 18.1. The van der Waals surface area contributed by atoms with Crippen LogP contribution in [0.15, 0.2) is 29.3 Å². The van der Waals surface area contributed by atoms with Gasteiger partial charge >= 0.3 is 0 Å². The molecule has 2 fully saturated rings. The van der Waals surface area contributed by atoms with Crippen LogP contribution in [0.3, 0.4) is 0 Å². The van der Waals surface area contributed by atoms with Gasteiger partial charge in [0.1, 0.15) is 0 Å². The van der Waals surface area contributed by atoms with Crippen LogP contribution in [0.5, 0.6) is 0 Å². The molecule has 0 bridgehead atoms. The monoisotopic (exact) mass is 362 g/mol. The summed E-state index contributed by atoms with van der Waals surface area (Å²) >= 11 is 6.14. The van der Waals surface area contributed by atoms with Gasteiger partial charge in [0.05, 0.1) is 0 Å². The van der Waals surface area contributed by atoms with E-state index in [1.165, 1.54) is 18.4 Å². The Labute approximate surface area is 154 Å². The first-order valence-corrected chi connectivity index (χ1v) is 9.45. The average Bonchev–Trinajstić information content (AvgIpc) is 3.28. The fraction of sp³-hybridized carbons (Fsp3) is 0.579. The minimum absolute atomic E-state index is 0.169. The standard InChI is InChI=1S/C19H27ClN4O/c1-3-17(25)24-10-7-16(12-24)23-18(21-2)22-13-19(8-9-19)14-5-4-6-15(20)11-14/h4-6,11,16H,3,7-10,12-13H2,1-2H3,(H2,21,22,23). The average molecular weight is 363 g/mol. The van der Waals surface area contributed by atoms with E-state index in [4.69, 9.17) is 11.6 Å². The Kier molecular flexibility index (Phi) is 5.52.